The Morgan fingerprint density at radius 3 is 2.68 bits per heavy atom. The van der Waals surface area contributed by atoms with Crippen LogP contribution in [0.1, 0.15) is 18.4 Å². The number of alkyl halides is 3. The second-order valence-electron chi connectivity index (χ2n) is 5.57. The molecule has 2 heterocycles. The van der Waals surface area contributed by atoms with Crippen molar-refractivity contribution < 1.29 is 18.0 Å². The van der Waals surface area contributed by atoms with E-state index in [4.69, 9.17) is 0 Å². The molecule has 0 unspecified atom stereocenters. The molecule has 0 aromatic carbocycles. The first-order valence-corrected chi connectivity index (χ1v) is 7.40. The van der Waals surface area contributed by atoms with Gasteiger partial charge < -0.3 is 5.32 Å². The number of carbonyl (C=O) groups excluding carboxylic acids is 1. The number of likely N-dealkylation sites (tertiary alicyclic amines) is 1. The van der Waals surface area contributed by atoms with E-state index in [1.54, 1.807) is 12.4 Å². The second-order valence-corrected chi connectivity index (χ2v) is 5.57. The third-order valence-corrected chi connectivity index (χ3v) is 3.80. The number of hydrogen-bond acceptors (Lipinski definition) is 3. The Balaban J connectivity index is 1.67. The molecule has 0 saturated carbocycles. The van der Waals surface area contributed by atoms with Crippen LogP contribution in [0.3, 0.4) is 0 Å². The Morgan fingerprint density at radius 2 is 2.09 bits per heavy atom. The van der Waals surface area contributed by atoms with E-state index in [9.17, 15) is 18.0 Å². The molecule has 1 N–H and O–H groups in total. The van der Waals surface area contributed by atoms with Gasteiger partial charge in [0.25, 0.3) is 0 Å². The number of aromatic nitrogens is 1. The molecule has 1 amide bonds. The van der Waals surface area contributed by atoms with Crippen molar-refractivity contribution in [3.63, 3.8) is 0 Å². The van der Waals surface area contributed by atoms with Crippen LogP contribution in [0, 0.1) is 5.92 Å². The molecule has 0 atom stereocenters. The summed E-state index contributed by atoms with van der Waals surface area (Å²) in [5.41, 5.74) is 1.04. The van der Waals surface area contributed by atoms with Gasteiger partial charge in [0.1, 0.15) is 0 Å². The van der Waals surface area contributed by atoms with Crippen LogP contribution in [-0.4, -0.2) is 48.1 Å². The maximum atomic E-state index is 12.3. The smallest absolute Gasteiger partial charge is 0.356 e. The molecule has 22 heavy (non-hydrogen) atoms. The third kappa shape index (κ3) is 5.63. The van der Waals surface area contributed by atoms with Gasteiger partial charge in [0.05, 0.1) is 6.54 Å². The molecule has 1 aromatic rings. The summed E-state index contributed by atoms with van der Waals surface area (Å²) >= 11 is 0. The van der Waals surface area contributed by atoms with Crippen molar-refractivity contribution in [1.82, 2.24) is 15.2 Å². The Hall–Kier alpha value is -1.63. The number of nitrogens with one attached hydrogen (secondary N) is 1. The number of halogens is 3. The predicted molar refractivity (Wildman–Crippen MR) is 76.2 cm³/mol. The van der Waals surface area contributed by atoms with Crippen molar-refractivity contribution in [2.45, 2.75) is 25.4 Å². The first-order valence-electron chi connectivity index (χ1n) is 7.40. The van der Waals surface area contributed by atoms with Gasteiger partial charge in [-0.2, -0.15) is 13.2 Å². The molecule has 7 heteroatoms. The van der Waals surface area contributed by atoms with Crippen LogP contribution in [0.5, 0.6) is 0 Å². The van der Waals surface area contributed by atoms with Crippen LogP contribution in [0.2, 0.25) is 0 Å². The van der Waals surface area contributed by atoms with E-state index >= 15 is 0 Å². The minimum Gasteiger partial charge on any atom is -0.356 e. The maximum Gasteiger partial charge on any atom is 0.401 e. The van der Waals surface area contributed by atoms with E-state index in [-0.39, 0.29) is 11.8 Å². The zero-order valence-electron chi connectivity index (χ0n) is 12.3. The molecular weight excluding hydrogens is 295 g/mol. The summed E-state index contributed by atoms with van der Waals surface area (Å²) in [4.78, 5) is 17.4. The van der Waals surface area contributed by atoms with Crippen LogP contribution in [-0.2, 0) is 11.2 Å². The lowest BCUT2D eigenvalue weighted by molar-refractivity contribution is -0.149. The van der Waals surface area contributed by atoms with E-state index in [0.717, 1.165) is 5.56 Å². The fourth-order valence-electron chi connectivity index (χ4n) is 2.63. The standard InChI is InChI=1S/C15H20F3N3O/c16-15(17,18)11-21-8-4-13(5-9-21)14(22)20-7-3-12-2-1-6-19-10-12/h1-2,6,10,13H,3-5,7-9,11H2,(H,20,22). The van der Waals surface area contributed by atoms with Crippen LogP contribution in [0.25, 0.3) is 0 Å². The first-order chi connectivity index (χ1) is 10.4. The lowest BCUT2D eigenvalue weighted by atomic mass is 9.96. The van der Waals surface area contributed by atoms with Gasteiger partial charge in [-0.05, 0) is 44.0 Å². The molecule has 0 bridgehead atoms. The van der Waals surface area contributed by atoms with E-state index in [0.29, 0.717) is 38.9 Å². The number of rotatable bonds is 5. The summed E-state index contributed by atoms with van der Waals surface area (Å²) in [6, 6.07) is 3.78. The van der Waals surface area contributed by atoms with Crippen LogP contribution >= 0.6 is 0 Å². The van der Waals surface area contributed by atoms with Crippen molar-refractivity contribution in [1.29, 1.82) is 0 Å². The average Bonchev–Trinajstić information content (AvgIpc) is 2.47. The van der Waals surface area contributed by atoms with Crippen molar-refractivity contribution in [2.24, 2.45) is 5.92 Å². The topological polar surface area (TPSA) is 45.2 Å². The van der Waals surface area contributed by atoms with Crippen molar-refractivity contribution in [2.75, 3.05) is 26.2 Å². The zero-order chi connectivity index (χ0) is 16.0. The summed E-state index contributed by atoms with van der Waals surface area (Å²) < 4.78 is 36.9. The molecule has 4 nitrogen and oxygen atoms in total. The Bertz CT molecular complexity index is 471. The van der Waals surface area contributed by atoms with Crippen LogP contribution in [0.15, 0.2) is 24.5 Å². The minimum absolute atomic E-state index is 0.0597. The lowest BCUT2D eigenvalue weighted by Gasteiger charge is -2.31. The summed E-state index contributed by atoms with van der Waals surface area (Å²) in [7, 11) is 0. The molecule has 1 aliphatic rings. The minimum atomic E-state index is -4.17. The van der Waals surface area contributed by atoms with Crippen LogP contribution < -0.4 is 5.32 Å². The zero-order valence-corrected chi connectivity index (χ0v) is 12.3. The SMILES string of the molecule is O=C(NCCc1cccnc1)C1CCN(CC(F)(F)F)CC1. The Morgan fingerprint density at radius 1 is 1.36 bits per heavy atom. The molecule has 0 radical (unpaired) electrons. The van der Waals surface area contributed by atoms with Crippen molar-refractivity contribution >= 4 is 5.91 Å². The molecule has 0 spiro atoms. The second kappa shape index (κ2) is 7.58. The highest BCUT2D eigenvalue weighted by molar-refractivity contribution is 5.78. The highest BCUT2D eigenvalue weighted by Gasteiger charge is 2.33. The fraction of sp³-hybridized carbons (Fsp3) is 0.600. The van der Waals surface area contributed by atoms with Gasteiger partial charge in [-0.15, -0.1) is 0 Å². The summed E-state index contributed by atoms with van der Waals surface area (Å²) in [6.45, 7) is 0.274. The maximum absolute atomic E-state index is 12.3. The predicted octanol–water partition coefficient (Wildman–Crippen LogP) is 2.01. The molecule has 1 fully saturated rings. The summed E-state index contributed by atoms with van der Waals surface area (Å²) in [6.07, 6.45) is 0.938. The van der Waals surface area contributed by atoms with E-state index in [1.807, 2.05) is 12.1 Å². The number of nitrogens with zero attached hydrogens (tertiary/aromatic N) is 2. The summed E-state index contributed by atoms with van der Waals surface area (Å²) in [5, 5.41) is 2.86. The highest BCUT2D eigenvalue weighted by Crippen LogP contribution is 2.22. The quantitative estimate of drug-likeness (QED) is 0.904. The number of piperidine rings is 1. The number of hydrogen-bond donors (Lipinski definition) is 1. The molecule has 2 rings (SSSR count). The van der Waals surface area contributed by atoms with Gasteiger partial charge in [-0.3, -0.25) is 14.7 Å². The van der Waals surface area contributed by atoms with E-state index < -0.39 is 12.7 Å². The van der Waals surface area contributed by atoms with E-state index in [2.05, 4.69) is 10.3 Å². The molecule has 0 aliphatic carbocycles. The molecule has 1 aliphatic heterocycles. The molecular formula is C15H20F3N3O. The van der Waals surface area contributed by atoms with Gasteiger partial charge in [-0.1, -0.05) is 6.07 Å². The van der Waals surface area contributed by atoms with E-state index in [1.165, 1.54) is 4.90 Å². The van der Waals surface area contributed by atoms with Gasteiger partial charge in [0.2, 0.25) is 5.91 Å². The third-order valence-electron chi connectivity index (χ3n) is 3.80. The van der Waals surface area contributed by atoms with Gasteiger partial charge >= 0.3 is 6.18 Å². The van der Waals surface area contributed by atoms with Crippen molar-refractivity contribution in [3.8, 4) is 0 Å². The number of pyridine rings is 1. The fourth-order valence-corrected chi connectivity index (χ4v) is 2.63. The monoisotopic (exact) mass is 315 g/mol. The van der Waals surface area contributed by atoms with Gasteiger partial charge in [0, 0.05) is 24.9 Å². The average molecular weight is 315 g/mol. The number of amides is 1. The molecule has 122 valence electrons. The normalized spacial score (nSPS) is 17.4. The molecule has 1 aromatic heterocycles. The largest absolute Gasteiger partial charge is 0.401 e. The highest BCUT2D eigenvalue weighted by atomic mass is 19.4. The Kier molecular flexibility index (Phi) is 5.76. The number of carbonyl (C=O) groups is 1. The van der Waals surface area contributed by atoms with Crippen molar-refractivity contribution in [3.05, 3.63) is 30.1 Å². The lowest BCUT2D eigenvalue weighted by Crippen LogP contribution is -2.44. The molecule has 1 saturated heterocycles. The Labute approximate surface area is 127 Å². The summed E-state index contributed by atoms with van der Waals surface area (Å²) in [5.74, 6) is -0.242. The van der Waals surface area contributed by atoms with Crippen LogP contribution in [0.4, 0.5) is 13.2 Å². The van der Waals surface area contributed by atoms with Gasteiger partial charge in [0.15, 0.2) is 0 Å². The van der Waals surface area contributed by atoms with Gasteiger partial charge in [-0.25, -0.2) is 0 Å². The first kappa shape index (κ1) is 16.7.